The highest BCUT2D eigenvalue weighted by molar-refractivity contribution is 5.86. The van der Waals surface area contributed by atoms with E-state index in [0.29, 0.717) is 12.5 Å². The van der Waals surface area contributed by atoms with Gasteiger partial charge in [-0.3, -0.25) is 10.1 Å². The van der Waals surface area contributed by atoms with Crippen molar-refractivity contribution < 1.29 is 19.0 Å². The van der Waals surface area contributed by atoms with Crippen LogP contribution in [-0.2, 0) is 25.6 Å². The number of esters is 1. The van der Waals surface area contributed by atoms with Crippen molar-refractivity contribution in [2.45, 2.75) is 62.8 Å². The van der Waals surface area contributed by atoms with Gasteiger partial charge in [0.25, 0.3) is 0 Å². The smallest absolute Gasteiger partial charge is 0.327 e. The second-order valence-electron chi connectivity index (χ2n) is 9.16. The molecule has 2 aliphatic heterocycles. The molecule has 0 radical (unpaired) electrons. The van der Waals surface area contributed by atoms with E-state index in [1.54, 1.807) is 6.08 Å². The molecule has 3 fully saturated rings. The van der Waals surface area contributed by atoms with Crippen LogP contribution in [0.15, 0.2) is 55.1 Å². The quantitative estimate of drug-likeness (QED) is 0.338. The molecule has 0 amide bonds. The minimum atomic E-state index is -0.597. The third-order valence-electron chi connectivity index (χ3n) is 7.10. The minimum absolute atomic E-state index is 0.0586. The maximum Gasteiger partial charge on any atom is 0.327 e. The predicted octanol–water partition coefficient (Wildman–Crippen LogP) is 3.30. The van der Waals surface area contributed by atoms with Crippen LogP contribution in [0.2, 0.25) is 0 Å². The van der Waals surface area contributed by atoms with Crippen molar-refractivity contribution in [1.29, 1.82) is 0 Å². The second-order valence-corrected chi connectivity index (χ2v) is 9.16. The molecule has 0 spiro atoms. The number of hydrogen-bond donors (Lipinski definition) is 2. The van der Waals surface area contributed by atoms with Gasteiger partial charge in [0.15, 0.2) is 0 Å². The van der Waals surface area contributed by atoms with E-state index in [0.717, 1.165) is 25.8 Å². The van der Waals surface area contributed by atoms with Gasteiger partial charge in [0.1, 0.15) is 24.5 Å². The first-order valence-electron chi connectivity index (χ1n) is 11.7. The van der Waals surface area contributed by atoms with Crippen molar-refractivity contribution in [1.82, 2.24) is 10.6 Å². The first-order valence-corrected chi connectivity index (χ1v) is 11.7. The van der Waals surface area contributed by atoms with E-state index in [9.17, 15) is 4.79 Å². The predicted molar refractivity (Wildman–Crippen MR) is 123 cm³/mol. The average molecular weight is 437 g/mol. The summed E-state index contributed by atoms with van der Waals surface area (Å²) in [6.45, 7) is 7.39. The summed E-state index contributed by atoms with van der Waals surface area (Å²) in [4.78, 5) is 12.6. The Morgan fingerprint density at radius 3 is 2.97 bits per heavy atom. The number of epoxide rings is 1. The largest absolute Gasteiger partial charge is 0.460 e. The van der Waals surface area contributed by atoms with Gasteiger partial charge < -0.3 is 19.5 Å². The van der Waals surface area contributed by atoms with Crippen LogP contribution in [0.1, 0.15) is 31.7 Å². The van der Waals surface area contributed by atoms with Crippen molar-refractivity contribution in [2.24, 2.45) is 5.92 Å². The summed E-state index contributed by atoms with van der Waals surface area (Å²) in [6, 6.07) is 15.0. The van der Waals surface area contributed by atoms with Crippen molar-refractivity contribution >= 4 is 16.7 Å². The molecule has 2 N–H and O–H groups in total. The molecule has 5 rings (SSSR count). The van der Waals surface area contributed by atoms with Crippen LogP contribution in [0, 0.1) is 5.92 Å². The molecule has 32 heavy (non-hydrogen) atoms. The Labute approximate surface area is 189 Å². The SMILES string of the molecule is C=CCOC(=O)[C@@]1(NC2OC2[C@@H]2C[C@@H](OCc3cccc4ccccc34)CN2)CC1CC. The number of hydrogen-bond acceptors (Lipinski definition) is 6. The van der Waals surface area contributed by atoms with Crippen molar-refractivity contribution in [3.05, 3.63) is 60.7 Å². The minimum Gasteiger partial charge on any atom is -0.460 e. The summed E-state index contributed by atoms with van der Waals surface area (Å²) in [7, 11) is 0. The lowest BCUT2D eigenvalue weighted by Crippen LogP contribution is -2.46. The van der Waals surface area contributed by atoms with Crippen molar-refractivity contribution in [3.63, 3.8) is 0 Å². The number of benzene rings is 2. The normalized spacial score (nSPS) is 33.2. The first kappa shape index (κ1) is 21.6. The molecule has 2 saturated heterocycles. The van der Waals surface area contributed by atoms with Gasteiger partial charge in [-0.1, -0.05) is 68.5 Å². The van der Waals surface area contributed by atoms with Crippen molar-refractivity contribution in [3.8, 4) is 0 Å². The molecule has 3 unspecified atom stereocenters. The Bertz CT molecular complexity index is 989. The van der Waals surface area contributed by atoms with E-state index in [4.69, 9.17) is 14.2 Å². The van der Waals surface area contributed by atoms with Crippen LogP contribution in [0.3, 0.4) is 0 Å². The molecule has 1 saturated carbocycles. The molecule has 2 aromatic rings. The summed E-state index contributed by atoms with van der Waals surface area (Å²) in [5, 5.41) is 9.49. The molecule has 2 aromatic carbocycles. The maximum absolute atomic E-state index is 12.6. The number of nitrogens with one attached hydrogen (secondary N) is 2. The summed E-state index contributed by atoms with van der Waals surface area (Å²) >= 11 is 0. The lowest BCUT2D eigenvalue weighted by Gasteiger charge is -2.17. The van der Waals surface area contributed by atoms with E-state index in [1.807, 2.05) is 0 Å². The summed E-state index contributed by atoms with van der Waals surface area (Å²) in [5.74, 6) is 0.118. The van der Waals surface area contributed by atoms with Gasteiger partial charge in [-0.15, -0.1) is 0 Å². The summed E-state index contributed by atoms with van der Waals surface area (Å²) in [5.41, 5.74) is 0.619. The molecule has 1 aliphatic carbocycles. The molecule has 170 valence electrons. The molecule has 3 aliphatic rings. The third kappa shape index (κ3) is 4.20. The number of fused-ring (bicyclic) bond motifs is 1. The van der Waals surface area contributed by atoms with E-state index in [2.05, 4.69) is 66.6 Å². The molecule has 0 aromatic heterocycles. The van der Waals surface area contributed by atoms with Gasteiger partial charge in [0.2, 0.25) is 0 Å². The van der Waals surface area contributed by atoms with Gasteiger partial charge in [-0.05, 0) is 35.1 Å². The van der Waals surface area contributed by atoms with Gasteiger partial charge in [-0.25, -0.2) is 0 Å². The van der Waals surface area contributed by atoms with Crippen LogP contribution in [0.4, 0.5) is 0 Å². The van der Waals surface area contributed by atoms with Crippen LogP contribution >= 0.6 is 0 Å². The van der Waals surface area contributed by atoms with E-state index in [-0.39, 0.29) is 37.1 Å². The molecule has 0 bridgehead atoms. The summed E-state index contributed by atoms with van der Waals surface area (Å²) in [6.07, 6.45) is 4.35. The topological polar surface area (TPSA) is 72.1 Å². The zero-order valence-corrected chi connectivity index (χ0v) is 18.6. The zero-order valence-electron chi connectivity index (χ0n) is 18.6. The van der Waals surface area contributed by atoms with Gasteiger partial charge >= 0.3 is 5.97 Å². The fourth-order valence-electron chi connectivity index (χ4n) is 5.11. The van der Waals surface area contributed by atoms with E-state index >= 15 is 0 Å². The molecule has 2 heterocycles. The van der Waals surface area contributed by atoms with E-state index in [1.165, 1.54) is 16.3 Å². The monoisotopic (exact) mass is 436 g/mol. The first-order chi connectivity index (χ1) is 15.6. The van der Waals surface area contributed by atoms with E-state index < -0.39 is 5.54 Å². The number of ether oxygens (including phenoxy) is 3. The summed E-state index contributed by atoms with van der Waals surface area (Å²) < 4.78 is 17.5. The Morgan fingerprint density at radius 1 is 1.31 bits per heavy atom. The lowest BCUT2D eigenvalue weighted by atomic mass is 10.1. The average Bonchev–Trinajstić information content (AvgIpc) is 3.70. The molecule has 6 nitrogen and oxygen atoms in total. The highest BCUT2D eigenvalue weighted by Crippen LogP contribution is 2.49. The zero-order chi connectivity index (χ0) is 22.1. The maximum atomic E-state index is 12.6. The molecule has 6 atom stereocenters. The number of carbonyl (C=O) groups is 1. The van der Waals surface area contributed by atoms with Crippen LogP contribution in [-0.4, -0.2) is 49.1 Å². The van der Waals surface area contributed by atoms with Crippen LogP contribution in [0.25, 0.3) is 10.8 Å². The standard InChI is InChI=1S/C26H32N2O4/c1-3-12-30-25(29)26(14-19(26)4-2)28-24-23(32-24)22-13-20(15-27-22)31-16-18-10-7-9-17-8-5-6-11-21(17)18/h3,5-11,19-20,22-24,27-28H,1,4,12-16H2,2H3/t19?,20-,22+,23?,24?,26-/m1/s1. The Kier molecular flexibility index (Phi) is 6.03. The molecular weight excluding hydrogens is 404 g/mol. The molecular formula is C26H32N2O4. The number of rotatable bonds is 10. The lowest BCUT2D eigenvalue weighted by molar-refractivity contribution is -0.147. The van der Waals surface area contributed by atoms with Gasteiger partial charge in [0.05, 0.1) is 12.7 Å². The fourth-order valence-corrected chi connectivity index (χ4v) is 5.11. The van der Waals surface area contributed by atoms with Crippen molar-refractivity contribution in [2.75, 3.05) is 13.2 Å². The van der Waals surface area contributed by atoms with Gasteiger partial charge in [0, 0.05) is 12.6 Å². The van der Waals surface area contributed by atoms with Gasteiger partial charge in [-0.2, -0.15) is 0 Å². The molecule has 6 heteroatoms. The Hall–Kier alpha value is -2.25. The Balaban J connectivity index is 1.12. The fraction of sp³-hybridized carbons (Fsp3) is 0.500. The Morgan fingerprint density at radius 2 is 2.16 bits per heavy atom. The van der Waals surface area contributed by atoms with Crippen LogP contribution < -0.4 is 10.6 Å². The highest BCUT2D eigenvalue weighted by Gasteiger charge is 2.64. The highest BCUT2D eigenvalue weighted by atomic mass is 16.6. The number of carbonyl (C=O) groups excluding carboxylic acids is 1. The second kappa shape index (κ2) is 8.94. The van der Waals surface area contributed by atoms with Crippen LogP contribution in [0.5, 0.6) is 0 Å². The third-order valence-corrected chi connectivity index (χ3v) is 7.10.